The fraction of sp³-hybridized carbons (Fsp3) is 0.308. The van der Waals surface area contributed by atoms with Crippen LogP contribution in [0.4, 0.5) is 26.7 Å². The van der Waals surface area contributed by atoms with Crippen molar-refractivity contribution in [3.63, 3.8) is 0 Å². The van der Waals surface area contributed by atoms with Gasteiger partial charge in [0.05, 0.1) is 36.1 Å². The number of alkyl halides is 4. The Morgan fingerprint density at radius 1 is 1.15 bits per heavy atom. The van der Waals surface area contributed by atoms with Gasteiger partial charge >= 0.3 is 18.6 Å². The summed E-state index contributed by atoms with van der Waals surface area (Å²) in [6, 6.07) is 12.3. The highest BCUT2D eigenvalue weighted by Gasteiger charge is 2.45. The first-order valence-electron chi connectivity index (χ1n) is 11.6. The summed E-state index contributed by atoms with van der Waals surface area (Å²) in [5, 5.41) is 15.6. The first-order valence-corrected chi connectivity index (χ1v) is 12.0. The van der Waals surface area contributed by atoms with E-state index in [1.165, 1.54) is 18.3 Å². The summed E-state index contributed by atoms with van der Waals surface area (Å²) < 4.78 is 77.3. The molecule has 0 aliphatic carbocycles. The van der Waals surface area contributed by atoms with E-state index in [0.717, 1.165) is 12.1 Å². The van der Waals surface area contributed by atoms with Gasteiger partial charge in [-0.2, -0.15) is 17.6 Å². The van der Waals surface area contributed by atoms with E-state index in [1.807, 2.05) is 0 Å². The number of pyridine rings is 1. The SMILES string of the molecule is O=C(NC1COCC1O)N[C@@](Cc1ccccc1)(c1cc(F)cc(OC(F)(F)C(F)F)c1)c1ccc(Cl)cn1. The van der Waals surface area contributed by atoms with Gasteiger partial charge in [0.15, 0.2) is 0 Å². The number of ether oxygens (including phenoxy) is 2. The number of halogens is 6. The van der Waals surface area contributed by atoms with Gasteiger partial charge in [0.2, 0.25) is 0 Å². The van der Waals surface area contributed by atoms with Gasteiger partial charge < -0.3 is 25.2 Å². The molecule has 7 nitrogen and oxygen atoms in total. The Bertz CT molecular complexity index is 1290. The number of nitrogens with zero attached hydrogens (tertiary/aromatic N) is 1. The van der Waals surface area contributed by atoms with E-state index in [1.54, 1.807) is 30.3 Å². The van der Waals surface area contributed by atoms with E-state index >= 15 is 0 Å². The standard InChI is InChI=1S/C26H23ClF5N3O4/c27-17-6-7-22(33-12-17)25(11-15-4-2-1-3-5-15,35-24(37)34-20-13-38-14-21(20)36)16-8-18(28)10-19(9-16)39-26(31,32)23(29)30/h1-10,12,20-21,23,36H,11,13-14H2,(H2,34,35,37)/t20?,21?,25-/m0/s1. The first kappa shape index (κ1) is 28.5. The lowest BCUT2D eigenvalue weighted by Gasteiger charge is -2.36. The Hall–Kier alpha value is -3.48. The maximum atomic E-state index is 14.8. The number of aromatic nitrogens is 1. The maximum Gasteiger partial charge on any atom is 0.461 e. The highest BCUT2D eigenvalue weighted by atomic mass is 35.5. The van der Waals surface area contributed by atoms with Gasteiger partial charge in [-0.1, -0.05) is 41.9 Å². The molecule has 0 saturated carbocycles. The number of rotatable bonds is 9. The van der Waals surface area contributed by atoms with Gasteiger partial charge in [0.25, 0.3) is 0 Å². The van der Waals surface area contributed by atoms with Crippen molar-refractivity contribution in [3.05, 3.63) is 94.5 Å². The summed E-state index contributed by atoms with van der Waals surface area (Å²) >= 11 is 6.02. The van der Waals surface area contributed by atoms with E-state index in [0.29, 0.717) is 11.6 Å². The number of carbonyl (C=O) groups is 1. The first-order chi connectivity index (χ1) is 18.5. The molecule has 1 aliphatic heterocycles. The second-order valence-electron chi connectivity index (χ2n) is 8.88. The summed E-state index contributed by atoms with van der Waals surface area (Å²) in [4.78, 5) is 17.6. The minimum Gasteiger partial charge on any atom is -0.428 e. The van der Waals surface area contributed by atoms with Crippen LogP contribution in [0.1, 0.15) is 16.8 Å². The largest absolute Gasteiger partial charge is 0.461 e. The molecule has 13 heteroatoms. The van der Waals surface area contributed by atoms with E-state index in [-0.39, 0.29) is 35.9 Å². The van der Waals surface area contributed by atoms with Gasteiger partial charge in [-0.25, -0.2) is 9.18 Å². The van der Waals surface area contributed by atoms with Crippen LogP contribution >= 0.6 is 11.6 Å². The van der Waals surface area contributed by atoms with Crippen molar-refractivity contribution in [3.8, 4) is 5.75 Å². The third kappa shape index (κ3) is 6.75. The Balaban J connectivity index is 1.86. The van der Waals surface area contributed by atoms with E-state index < -0.39 is 47.8 Å². The number of carbonyl (C=O) groups excluding carboxylic acids is 1. The lowest BCUT2D eigenvalue weighted by atomic mass is 9.80. The van der Waals surface area contributed by atoms with Gasteiger partial charge in [-0.05, 0) is 35.4 Å². The molecule has 1 aromatic heterocycles. The zero-order valence-corrected chi connectivity index (χ0v) is 20.8. The average molecular weight is 572 g/mol. The average Bonchev–Trinajstić information content (AvgIpc) is 3.27. The molecule has 0 bridgehead atoms. The lowest BCUT2D eigenvalue weighted by Crippen LogP contribution is -2.56. The molecule has 3 N–H and O–H groups in total. The zero-order valence-electron chi connectivity index (χ0n) is 20.1. The van der Waals surface area contributed by atoms with Crippen LogP contribution < -0.4 is 15.4 Å². The van der Waals surface area contributed by atoms with Crippen LogP contribution in [-0.4, -0.2) is 54.0 Å². The lowest BCUT2D eigenvalue weighted by molar-refractivity contribution is -0.253. The number of nitrogens with one attached hydrogen (secondary N) is 2. The molecule has 4 rings (SSSR count). The van der Waals surface area contributed by atoms with Gasteiger partial charge in [0.1, 0.15) is 17.1 Å². The van der Waals surface area contributed by atoms with E-state index in [9.17, 15) is 31.9 Å². The topological polar surface area (TPSA) is 92.7 Å². The summed E-state index contributed by atoms with van der Waals surface area (Å²) in [6.45, 7) is 0.0297. The minimum atomic E-state index is -4.91. The molecular weight excluding hydrogens is 549 g/mol. The number of hydrogen-bond acceptors (Lipinski definition) is 5. The van der Waals surface area contributed by atoms with Gasteiger partial charge in [-0.3, -0.25) is 4.98 Å². The van der Waals surface area contributed by atoms with Crippen molar-refractivity contribution in [2.24, 2.45) is 0 Å². The fourth-order valence-corrected chi connectivity index (χ4v) is 4.31. The van der Waals surface area contributed by atoms with E-state index in [4.69, 9.17) is 16.3 Å². The predicted molar refractivity (Wildman–Crippen MR) is 130 cm³/mol. The molecule has 1 aliphatic rings. The zero-order chi connectivity index (χ0) is 28.2. The van der Waals surface area contributed by atoms with Crippen LogP contribution in [0.2, 0.25) is 5.02 Å². The molecule has 2 heterocycles. The summed E-state index contributed by atoms with van der Waals surface area (Å²) in [7, 11) is 0. The Labute approximate surface area is 224 Å². The monoisotopic (exact) mass is 571 g/mol. The molecular formula is C26H23ClF5N3O4. The van der Waals surface area contributed by atoms with E-state index in [2.05, 4.69) is 20.4 Å². The molecule has 1 fully saturated rings. The number of aliphatic hydroxyl groups excluding tert-OH is 1. The molecule has 2 unspecified atom stereocenters. The Morgan fingerprint density at radius 3 is 2.51 bits per heavy atom. The molecule has 208 valence electrons. The van der Waals surface area contributed by atoms with Crippen molar-refractivity contribution in [1.82, 2.24) is 15.6 Å². The molecule has 0 spiro atoms. The maximum absolute atomic E-state index is 14.8. The van der Waals surface area contributed by atoms with Crippen LogP contribution in [0, 0.1) is 5.82 Å². The molecule has 3 atom stereocenters. The quantitative estimate of drug-likeness (QED) is 0.325. The predicted octanol–water partition coefficient (Wildman–Crippen LogP) is 4.66. The molecule has 0 radical (unpaired) electrons. The number of urea groups is 1. The second kappa shape index (κ2) is 11.7. The molecule has 2 amide bonds. The van der Waals surface area contributed by atoms with Crippen LogP contribution in [0.5, 0.6) is 5.75 Å². The highest BCUT2D eigenvalue weighted by Crippen LogP contribution is 2.37. The third-order valence-corrected chi connectivity index (χ3v) is 6.27. The summed E-state index contributed by atoms with van der Waals surface area (Å²) in [5.41, 5.74) is -1.17. The Morgan fingerprint density at radius 2 is 1.90 bits per heavy atom. The second-order valence-corrected chi connectivity index (χ2v) is 9.32. The Kier molecular flexibility index (Phi) is 8.57. The fourth-order valence-electron chi connectivity index (χ4n) is 4.20. The molecule has 1 saturated heterocycles. The third-order valence-electron chi connectivity index (χ3n) is 6.04. The number of aliphatic hydroxyl groups is 1. The van der Waals surface area contributed by atoms with Crippen molar-refractivity contribution < 1.29 is 41.3 Å². The molecule has 3 aromatic rings. The number of hydrogen-bond donors (Lipinski definition) is 3. The van der Waals surface area contributed by atoms with Crippen molar-refractivity contribution >= 4 is 17.6 Å². The minimum absolute atomic E-state index is 0.00177. The summed E-state index contributed by atoms with van der Waals surface area (Å²) in [5.74, 6) is -2.00. The molecule has 2 aromatic carbocycles. The smallest absolute Gasteiger partial charge is 0.428 e. The number of benzene rings is 2. The van der Waals surface area contributed by atoms with Crippen LogP contribution in [0.3, 0.4) is 0 Å². The normalized spacial score (nSPS) is 19.0. The van der Waals surface area contributed by atoms with Crippen LogP contribution in [-0.2, 0) is 16.7 Å². The molecule has 39 heavy (non-hydrogen) atoms. The highest BCUT2D eigenvalue weighted by molar-refractivity contribution is 6.30. The van der Waals surface area contributed by atoms with Crippen molar-refractivity contribution in [2.75, 3.05) is 13.2 Å². The van der Waals surface area contributed by atoms with Crippen molar-refractivity contribution in [1.29, 1.82) is 0 Å². The van der Waals surface area contributed by atoms with Crippen LogP contribution in [0.25, 0.3) is 0 Å². The van der Waals surface area contributed by atoms with Crippen molar-refractivity contribution in [2.45, 2.75) is 36.6 Å². The van der Waals surface area contributed by atoms with Gasteiger partial charge in [0, 0.05) is 18.7 Å². The number of amides is 2. The van der Waals surface area contributed by atoms with Crippen LogP contribution in [0.15, 0.2) is 66.9 Å². The van der Waals surface area contributed by atoms with Gasteiger partial charge in [-0.15, -0.1) is 0 Å². The summed E-state index contributed by atoms with van der Waals surface area (Å²) in [6.07, 6.45) is -8.89.